The number of halogens is 2. The van der Waals surface area contributed by atoms with Crippen molar-refractivity contribution in [1.29, 1.82) is 0 Å². The van der Waals surface area contributed by atoms with E-state index in [1.165, 1.54) is 6.42 Å². The molecule has 84 valence electrons. The summed E-state index contributed by atoms with van der Waals surface area (Å²) >= 11 is 11.7. The Morgan fingerprint density at radius 1 is 1.07 bits per heavy atom. The van der Waals surface area contributed by atoms with Crippen LogP contribution in [0.25, 0.3) is 0 Å². The second-order valence-corrected chi connectivity index (χ2v) is 4.18. The molecule has 2 nitrogen and oxygen atoms in total. The Hall–Kier alpha value is -0.440. The minimum absolute atomic E-state index is 0.594. The lowest BCUT2D eigenvalue weighted by Crippen LogP contribution is -2.10. The smallest absolute Gasteiger partial charge is 0.0612 e. The van der Waals surface area contributed by atoms with E-state index >= 15 is 0 Å². The van der Waals surface area contributed by atoms with E-state index in [4.69, 9.17) is 23.2 Å². The van der Waals surface area contributed by atoms with Crippen LogP contribution >= 0.6 is 23.2 Å². The fraction of sp³-hybridized carbons (Fsp3) is 0.455. The molecule has 4 heteroatoms. The molecule has 0 saturated heterocycles. The topological polar surface area (TPSA) is 24.1 Å². The number of benzene rings is 1. The number of nitrogens with one attached hydrogen (secondary N) is 2. The molecule has 0 atom stereocenters. The Morgan fingerprint density at radius 2 is 1.80 bits per heavy atom. The third kappa shape index (κ3) is 4.74. The summed E-state index contributed by atoms with van der Waals surface area (Å²) < 4.78 is 0. The summed E-state index contributed by atoms with van der Waals surface area (Å²) in [6.45, 7) is 2.02. The molecule has 0 fully saturated rings. The Kier molecular flexibility index (Phi) is 5.84. The van der Waals surface area contributed by atoms with Crippen LogP contribution in [0.1, 0.15) is 12.8 Å². The summed E-state index contributed by atoms with van der Waals surface area (Å²) in [5, 5.41) is 7.61. The first-order valence-corrected chi connectivity index (χ1v) is 5.83. The van der Waals surface area contributed by atoms with E-state index in [9.17, 15) is 0 Å². The second-order valence-electron chi connectivity index (χ2n) is 3.37. The predicted molar refractivity (Wildman–Crippen MR) is 68.1 cm³/mol. The summed E-state index contributed by atoms with van der Waals surface area (Å²) in [4.78, 5) is 0. The first-order valence-electron chi connectivity index (χ1n) is 5.07. The zero-order valence-electron chi connectivity index (χ0n) is 8.82. The highest BCUT2D eigenvalue weighted by molar-refractivity contribution is 6.42. The molecule has 0 aromatic heterocycles. The number of rotatable bonds is 6. The van der Waals surface area contributed by atoms with Gasteiger partial charge in [-0.05, 0) is 44.6 Å². The van der Waals surface area contributed by atoms with Crippen molar-refractivity contribution in [2.75, 3.05) is 25.5 Å². The molecule has 0 aliphatic heterocycles. The van der Waals surface area contributed by atoms with Gasteiger partial charge in [0.25, 0.3) is 0 Å². The molecule has 1 aromatic rings. The normalized spacial score (nSPS) is 10.3. The van der Waals surface area contributed by atoms with E-state index in [0.717, 1.165) is 25.2 Å². The SMILES string of the molecule is CNCCCCNc1ccc(Cl)c(Cl)c1. The lowest BCUT2D eigenvalue weighted by atomic mass is 10.3. The number of unbranched alkanes of at least 4 members (excludes halogenated alkanes) is 1. The minimum atomic E-state index is 0.594. The van der Waals surface area contributed by atoms with Crippen LogP contribution in [0.3, 0.4) is 0 Å². The maximum Gasteiger partial charge on any atom is 0.0612 e. The van der Waals surface area contributed by atoms with Crippen LogP contribution in [-0.4, -0.2) is 20.1 Å². The molecule has 0 aliphatic carbocycles. The molecule has 0 heterocycles. The molecule has 0 saturated carbocycles. The van der Waals surface area contributed by atoms with Crippen LogP contribution in [-0.2, 0) is 0 Å². The van der Waals surface area contributed by atoms with Gasteiger partial charge < -0.3 is 10.6 Å². The number of hydrogen-bond donors (Lipinski definition) is 2. The van der Waals surface area contributed by atoms with E-state index in [0.29, 0.717) is 10.0 Å². The lowest BCUT2D eigenvalue weighted by molar-refractivity contribution is 0.694. The third-order valence-corrected chi connectivity index (χ3v) is 2.84. The minimum Gasteiger partial charge on any atom is -0.385 e. The fourth-order valence-electron chi connectivity index (χ4n) is 1.27. The number of hydrogen-bond acceptors (Lipinski definition) is 2. The van der Waals surface area contributed by atoms with Gasteiger partial charge in [-0.2, -0.15) is 0 Å². The van der Waals surface area contributed by atoms with E-state index in [1.807, 2.05) is 19.2 Å². The molecule has 1 aromatic carbocycles. The van der Waals surface area contributed by atoms with Crippen molar-refractivity contribution in [2.24, 2.45) is 0 Å². The highest BCUT2D eigenvalue weighted by atomic mass is 35.5. The first-order chi connectivity index (χ1) is 7.24. The first kappa shape index (κ1) is 12.6. The van der Waals surface area contributed by atoms with Gasteiger partial charge in [-0.1, -0.05) is 23.2 Å². The largest absolute Gasteiger partial charge is 0.385 e. The van der Waals surface area contributed by atoms with Gasteiger partial charge in [-0.15, -0.1) is 0 Å². The summed E-state index contributed by atoms with van der Waals surface area (Å²) in [7, 11) is 1.96. The van der Waals surface area contributed by atoms with Crippen molar-refractivity contribution in [2.45, 2.75) is 12.8 Å². The molecule has 1 rings (SSSR count). The maximum atomic E-state index is 5.89. The molecule has 0 amide bonds. The van der Waals surface area contributed by atoms with Gasteiger partial charge >= 0.3 is 0 Å². The zero-order chi connectivity index (χ0) is 11.1. The van der Waals surface area contributed by atoms with Crippen LogP contribution in [0.15, 0.2) is 18.2 Å². The van der Waals surface area contributed by atoms with Crippen molar-refractivity contribution >= 4 is 28.9 Å². The van der Waals surface area contributed by atoms with E-state index in [-0.39, 0.29) is 0 Å². The molecule has 0 bridgehead atoms. The van der Waals surface area contributed by atoms with Gasteiger partial charge in [0.2, 0.25) is 0 Å². The molecule has 0 radical (unpaired) electrons. The Balaban J connectivity index is 2.28. The number of anilines is 1. The van der Waals surface area contributed by atoms with Crippen molar-refractivity contribution in [1.82, 2.24) is 5.32 Å². The Labute approximate surface area is 101 Å². The van der Waals surface area contributed by atoms with Crippen LogP contribution in [0.5, 0.6) is 0 Å². The quantitative estimate of drug-likeness (QED) is 0.753. The highest BCUT2D eigenvalue weighted by Crippen LogP contribution is 2.24. The second kappa shape index (κ2) is 6.94. The van der Waals surface area contributed by atoms with Crippen LogP contribution in [0.2, 0.25) is 10.0 Å². The summed E-state index contributed by atoms with van der Waals surface area (Å²) in [6.07, 6.45) is 2.31. The summed E-state index contributed by atoms with van der Waals surface area (Å²) in [6, 6.07) is 5.59. The van der Waals surface area contributed by atoms with E-state index in [1.54, 1.807) is 6.07 Å². The third-order valence-electron chi connectivity index (χ3n) is 2.10. The molecular weight excluding hydrogens is 231 g/mol. The highest BCUT2D eigenvalue weighted by Gasteiger charge is 1.98. The van der Waals surface area contributed by atoms with Crippen molar-refractivity contribution in [3.05, 3.63) is 28.2 Å². The summed E-state index contributed by atoms with van der Waals surface area (Å²) in [5.41, 5.74) is 1.02. The van der Waals surface area contributed by atoms with Gasteiger partial charge in [0.1, 0.15) is 0 Å². The van der Waals surface area contributed by atoms with Crippen LogP contribution < -0.4 is 10.6 Å². The predicted octanol–water partition coefficient (Wildman–Crippen LogP) is 3.40. The molecule has 0 unspecified atom stereocenters. The van der Waals surface area contributed by atoms with E-state index in [2.05, 4.69) is 10.6 Å². The van der Waals surface area contributed by atoms with Crippen LogP contribution in [0, 0.1) is 0 Å². The van der Waals surface area contributed by atoms with Gasteiger partial charge in [0.05, 0.1) is 10.0 Å². The standard InChI is InChI=1S/C11H16Cl2N2/c1-14-6-2-3-7-15-9-4-5-10(12)11(13)8-9/h4-5,8,14-15H,2-3,6-7H2,1H3. The van der Waals surface area contributed by atoms with E-state index < -0.39 is 0 Å². The Morgan fingerprint density at radius 3 is 2.47 bits per heavy atom. The Bertz CT molecular complexity index is 303. The van der Waals surface area contributed by atoms with Gasteiger partial charge in [0.15, 0.2) is 0 Å². The fourth-order valence-corrected chi connectivity index (χ4v) is 1.56. The van der Waals surface area contributed by atoms with Crippen molar-refractivity contribution in [3.63, 3.8) is 0 Å². The van der Waals surface area contributed by atoms with Gasteiger partial charge in [0, 0.05) is 12.2 Å². The van der Waals surface area contributed by atoms with Crippen LogP contribution in [0.4, 0.5) is 5.69 Å². The van der Waals surface area contributed by atoms with Gasteiger partial charge in [-0.3, -0.25) is 0 Å². The maximum absolute atomic E-state index is 5.89. The average Bonchev–Trinajstić information content (AvgIpc) is 2.23. The average molecular weight is 247 g/mol. The zero-order valence-corrected chi connectivity index (χ0v) is 10.3. The molecule has 2 N–H and O–H groups in total. The molecule has 0 spiro atoms. The summed E-state index contributed by atoms with van der Waals surface area (Å²) in [5.74, 6) is 0. The van der Waals surface area contributed by atoms with Gasteiger partial charge in [-0.25, -0.2) is 0 Å². The molecule has 0 aliphatic rings. The van der Waals surface area contributed by atoms with Crippen molar-refractivity contribution < 1.29 is 0 Å². The monoisotopic (exact) mass is 246 g/mol. The van der Waals surface area contributed by atoms with Crippen molar-refractivity contribution in [3.8, 4) is 0 Å². The molecular formula is C11H16Cl2N2. The molecule has 15 heavy (non-hydrogen) atoms. The lowest BCUT2D eigenvalue weighted by Gasteiger charge is -2.07.